The van der Waals surface area contributed by atoms with Crippen LogP contribution in [0.2, 0.25) is 0 Å². The van der Waals surface area contributed by atoms with Crippen LogP contribution in [0.1, 0.15) is 26.2 Å². The van der Waals surface area contributed by atoms with E-state index in [1.807, 2.05) is 0 Å². The van der Waals surface area contributed by atoms with Gasteiger partial charge in [-0.1, -0.05) is 0 Å². The second kappa shape index (κ2) is 8.08. The summed E-state index contributed by atoms with van der Waals surface area (Å²) in [5.41, 5.74) is 0. The monoisotopic (exact) mass is 214 g/mol. The van der Waals surface area contributed by atoms with Gasteiger partial charge in [-0.25, -0.2) is 0 Å². The minimum Gasteiger partial charge on any atom is -0.382 e. The fraction of sp³-hybridized carbons (Fsp3) is 1.00. The van der Waals surface area contributed by atoms with Crippen LogP contribution in [-0.2, 0) is 4.74 Å². The molecular weight excluding hydrogens is 188 g/mol. The van der Waals surface area contributed by atoms with Crippen molar-refractivity contribution in [3.05, 3.63) is 0 Å². The number of unbranched alkanes of at least 4 members (excludes halogenated alkanes) is 2. The third-order valence-corrected chi connectivity index (χ3v) is 3.06. The Morgan fingerprint density at radius 3 is 2.40 bits per heavy atom. The van der Waals surface area contributed by atoms with Crippen LogP contribution in [0.3, 0.4) is 0 Å². The molecule has 0 saturated carbocycles. The molecule has 1 saturated heterocycles. The van der Waals surface area contributed by atoms with Gasteiger partial charge in [-0.15, -0.1) is 0 Å². The van der Waals surface area contributed by atoms with Gasteiger partial charge in [0.05, 0.1) is 0 Å². The number of ether oxygens (including phenoxy) is 1. The molecule has 0 aromatic rings. The van der Waals surface area contributed by atoms with E-state index in [2.05, 4.69) is 23.8 Å². The van der Waals surface area contributed by atoms with E-state index in [4.69, 9.17) is 4.74 Å². The summed E-state index contributed by atoms with van der Waals surface area (Å²) in [6, 6.07) is 0. The SMILES string of the molecule is CCOCCCCCN1CCN(C)CC1. The van der Waals surface area contributed by atoms with Crippen LogP contribution in [0.5, 0.6) is 0 Å². The third-order valence-electron chi connectivity index (χ3n) is 3.06. The van der Waals surface area contributed by atoms with Crippen molar-refractivity contribution in [3.8, 4) is 0 Å². The molecule has 1 rings (SSSR count). The first-order valence-corrected chi connectivity index (χ1v) is 6.31. The first-order valence-electron chi connectivity index (χ1n) is 6.31. The topological polar surface area (TPSA) is 15.7 Å². The van der Waals surface area contributed by atoms with E-state index in [9.17, 15) is 0 Å². The number of nitrogens with zero attached hydrogens (tertiary/aromatic N) is 2. The Morgan fingerprint density at radius 1 is 1.00 bits per heavy atom. The van der Waals surface area contributed by atoms with E-state index in [1.165, 1.54) is 52.0 Å². The molecule has 90 valence electrons. The lowest BCUT2D eigenvalue weighted by Gasteiger charge is -2.32. The number of hydrogen-bond acceptors (Lipinski definition) is 3. The maximum atomic E-state index is 5.32. The number of likely N-dealkylation sites (N-methyl/N-ethyl adjacent to an activating group) is 1. The Bertz CT molecular complexity index is 145. The van der Waals surface area contributed by atoms with Crippen molar-refractivity contribution in [2.24, 2.45) is 0 Å². The molecule has 0 aliphatic carbocycles. The van der Waals surface area contributed by atoms with Gasteiger partial charge in [0.1, 0.15) is 0 Å². The summed E-state index contributed by atoms with van der Waals surface area (Å²) in [5, 5.41) is 0. The van der Waals surface area contributed by atoms with Crippen molar-refractivity contribution >= 4 is 0 Å². The lowest BCUT2D eigenvalue weighted by molar-refractivity contribution is 0.135. The van der Waals surface area contributed by atoms with Crippen LogP contribution in [0.15, 0.2) is 0 Å². The van der Waals surface area contributed by atoms with Crippen molar-refractivity contribution in [2.45, 2.75) is 26.2 Å². The summed E-state index contributed by atoms with van der Waals surface area (Å²) in [4.78, 5) is 4.99. The summed E-state index contributed by atoms with van der Waals surface area (Å²) in [7, 11) is 2.21. The van der Waals surface area contributed by atoms with E-state index in [0.29, 0.717) is 0 Å². The maximum absolute atomic E-state index is 5.32. The molecule has 3 nitrogen and oxygen atoms in total. The average molecular weight is 214 g/mol. The van der Waals surface area contributed by atoms with Gasteiger partial charge in [0, 0.05) is 39.4 Å². The standard InChI is InChI=1S/C12H26N2O/c1-3-15-12-6-4-5-7-14-10-8-13(2)9-11-14/h3-12H2,1-2H3. The molecule has 0 bridgehead atoms. The van der Waals surface area contributed by atoms with Gasteiger partial charge >= 0.3 is 0 Å². The molecule has 1 aliphatic heterocycles. The normalized spacial score (nSPS) is 19.6. The predicted octanol–water partition coefficient (Wildman–Crippen LogP) is 1.44. The van der Waals surface area contributed by atoms with Gasteiger partial charge in [-0.3, -0.25) is 0 Å². The average Bonchev–Trinajstić information content (AvgIpc) is 2.26. The van der Waals surface area contributed by atoms with Gasteiger partial charge in [-0.2, -0.15) is 0 Å². The van der Waals surface area contributed by atoms with Crippen LogP contribution in [0.4, 0.5) is 0 Å². The van der Waals surface area contributed by atoms with Crippen LogP contribution >= 0.6 is 0 Å². The van der Waals surface area contributed by atoms with Gasteiger partial charge in [-0.05, 0) is 39.8 Å². The first-order chi connectivity index (χ1) is 7.33. The summed E-state index contributed by atoms with van der Waals surface area (Å²) >= 11 is 0. The van der Waals surface area contributed by atoms with E-state index < -0.39 is 0 Å². The zero-order chi connectivity index (χ0) is 10.9. The summed E-state index contributed by atoms with van der Waals surface area (Å²) in [6.07, 6.45) is 3.87. The highest BCUT2D eigenvalue weighted by Gasteiger charge is 2.12. The lowest BCUT2D eigenvalue weighted by Crippen LogP contribution is -2.44. The fourth-order valence-electron chi connectivity index (χ4n) is 1.93. The molecule has 3 heteroatoms. The zero-order valence-corrected chi connectivity index (χ0v) is 10.4. The van der Waals surface area contributed by atoms with Gasteiger partial charge in [0.2, 0.25) is 0 Å². The van der Waals surface area contributed by atoms with Crippen molar-refractivity contribution in [3.63, 3.8) is 0 Å². The molecule has 0 radical (unpaired) electrons. The molecule has 0 atom stereocenters. The van der Waals surface area contributed by atoms with Crippen LogP contribution in [0.25, 0.3) is 0 Å². The Kier molecular flexibility index (Phi) is 6.98. The highest BCUT2D eigenvalue weighted by molar-refractivity contribution is 4.68. The number of piperazine rings is 1. The number of rotatable bonds is 7. The molecule has 0 unspecified atom stereocenters. The molecular formula is C12H26N2O. The Hall–Kier alpha value is -0.120. The molecule has 0 amide bonds. The van der Waals surface area contributed by atoms with Gasteiger partial charge in [0.25, 0.3) is 0 Å². The minimum atomic E-state index is 0.860. The van der Waals surface area contributed by atoms with E-state index in [-0.39, 0.29) is 0 Å². The van der Waals surface area contributed by atoms with Crippen molar-refractivity contribution < 1.29 is 4.74 Å². The van der Waals surface area contributed by atoms with E-state index >= 15 is 0 Å². The Morgan fingerprint density at radius 2 is 1.73 bits per heavy atom. The molecule has 1 heterocycles. The highest BCUT2D eigenvalue weighted by Crippen LogP contribution is 2.03. The second-order valence-electron chi connectivity index (χ2n) is 4.40. The number of hydrogen-bond donors (Lipinski definition) is 0. The molecule has 0 N–H and O–H groups in total. The van der Waals surface area contributed by atoms with Gasteiger partial charge < -0.3 is 14.5 Å². The minimum absolute atomic E-state index is 0.860. The molecule has 1 aliphatic rings. The second-order valence-corrected chi connectivity index (χ2v) is 4.40. The van der Waals surface area contributed by atoms with Gasteiger partial charge in [0.15, 0.2) is 0 Å². The first kappa shape index (κ1) is 12.9. The zero-order valence-electron chi connectivity index (χ0n) is 10.4. The summed E-state index contributed by atoms with van der Waals surface area (Å²) < 4.78 is 5.32. The van der Waals surface area contributed by atoms with Crippen LogP contribution in [0, 0.1) is 0 Å². The van der Waals surface area contributed by atoms with Crippen molar-refractivity contribution in [1.29, 1.82) is 0 Å². The Labute approximate surface area is 94.4 Å². The molecule has 0 aromatic heterocycles. The summed E-state index contributed by atoms with van der Waals surface area (Å²) in [5.74, 6) is 0. The van der Waals surface area contributed by atoms with Crippen LogP contribution < -0.4 is 0 Å². The van der Waals surface area contributed by atoms with Crippen LogP contribution in [-0.4, -0.2) is 62.8 Å². The van der Waals surface area contributed by atoms with E-state index in [0.717, 1.165) is 13.2 Å². The Balaban J connectivity index is 1.87. The fourth-order valence-corrected chi connectivity index (χ4v) is 1.93. The van der Waals surface area contributed by atoms with Crippen molar-refractivity contribution in [1.82, 2.24) is 9.80 Å². The quantitative estimate of drug-likeness (QED) is 0.596. The molecule has 0 aromatic carbocycles. The summed E-state index contributed by atoms with van der Waals surface area (Å²) in [6.45, 7) is 10.1. The molecule has 1 fully saturated rings. The van der Waals surface area contributed by atoms with E-state index in [1.54, 1.807) is 0 Å². The largest absolute Gasteiger partial charge is 0.382 e. The highest BCUT2D eigenvalue weighted by atomic mass is 16.5. The predicted molar refractivity (Wildman–Crippen MR) is 64.3 cm³/mol. The molecule has 0 spiro atoms. The lowest BCUT2D eigenvalue weighted by atomic mass is 10.2. The molecule has 15 heavy (non-hydrogen) atoms. The smallest absolute Gasteiger partial charge is 0.0465 e. The maximum Gasteiger partial charge on any atom is 0.0465 e. The third kappa shape index (κ3) is 6.13. The van der Waals surface area contributed by atoms with Crippen molar-refractivity contribution in [2.75, 3.05) is 53.0 Å².